The first kappa shape index (κ1) is 13.9. The molecule has 0 fully saturated rings. The first-order chi connectivity index (χ1) is 9.49. The van der Waals surface area contributed by atoms with E-state index >= 15 is 0 Å². The second-order valence-electron chi connectivity index (χ2n) is 4.34. The Kier molecular flexibility index (Phi) is 3.93. The number of anilines is 1. The van der Waals surface area contributed by atoms with Crippen molar-refractivity contribution in [3.05, 3.63) is 69.3 Å². The number of rotatable bonds is 4. The molecule has 1 N–H and O–H groups in total. The van der Waals surface area contributed by atoms with E-state index in [1.165, 1.54) is 18.2 Å². The Morgan fingerprint density at radius 1 is 1.25 bits per heavy atom. The molecule has 0 amide bonds. The van der Waals surface area contributed by atoms with Gasteiger partial charge < -0.3 is 5.32 Å². The zero-order chi connectivity index (χ0) is 14.7. The fraction of sp³-hybridized carbons (Fsp3) is 0.143. The van der Waals surface area contributed by atoms with Gasteiger partial charge in [-0.25, -0.2) is 8.78 Å². The molecule has 0 saturated carbocycles. The van der Waals surface area contributed by atoms with Crippen LogP contribution >= 0.6 is 0 Å². The molecular formula is C14H12F2N2O2. The first-order valence-electron chi connectivity index (χ1n) is 5.91. The van der Waals surface area contributed by atoms with Crippen molar-refractivity contribution in [3.8, 4) is 0 Å². The van der Waals surface area contributed by atoms with E-state index in [2.05, 4.69) is 5.32 Å². The van der Waals surface area contributed by atoms with Gasteiger partial charge in [0.15, 0.2) is 11.6 Å². The topological polar surface area (TPSA) is 55.2 Å². The van der Waals surface area contributed by atoms with Gasteiger partial charge in [-0.15, -0.1) is 0 Å². The van der Waals surface area contributed by atoms with Gasteiger partial charge in [-0.1, -0.05) is 18.2 Å². The van der Waals surface area contributed by atoms with E-state index in [1.54, 1.807) is 19.1 Å². The van der Waals surface area contributed by atoms with Gasteiger partial charge in [-0.05, 0) is 24.6 Å². The number of nitro groups is 1. The number of aryl methyl sites for hydroxylation is 1. The predicted octanol–water partition coefficient (Wildman–Crippen LogP) is 3.79. The van der Waals surface area contributed by atoms with Gasteiger partial charge in [0.1, 0.15) is 5.69 Å². The smallest absolute Gasteiger partial charge is 0.292 e. The number of halogens is 2. The van der Waals surface area contributed by atoms with Crippen LogP contribution < -0.4 is 5.32 Å². The summed E-state index contributed by atoms with van der Waals surface area (Å²) >= 11 is 0. The van der Waals surface area contributed by atoms with Crippen LogP contribution in [-0.4, -0.2) is 4.92 Å². The van der Waals surface area contributed by atoms with Crippen LogP contribution in [0.25, 0.3) is 0 Å². The molecule has 0 aliphatic carbocycles. The summed E-state index contributed by atoms with van der Waals surface area (Å²) in [5.74, 6) is -1.89. The van der Waals surface area contributed by atoms with E-state index in [0.717, 1.165) is 11.6 Å². The Morgan fingerprint density at radius 2 is 2.00 bits per heavy atom. The zero-order valence-corrected chi connectivity index (χ0v) is 10.7. The maximum atomic E-state index is 13.5. The third-order valence-electron chi connectivity index (χ3n) is 2.85. The number of nitrogens with one attached hydrogen (secondary N) is 1. The highest BCUT2D eigenvalue weighted by atomic mass is 19.2. The number of nitro benzene ring substituents is 1. The van der Waals surface area contributed by atoms with E-state index in [4.69, 9.17) is 0 Å². The molecule has 0 atom stereocenters. The number of nitrogens with zero attached hydrogens (tertiary/aromatic N) is 1. The van der Waals surface area contributed by atoms with Crippen molar-refractivity contribution in [3.63, 3.8) is 0 Å². The highest BCUT2D eigenvalue weighted by molar-refractivity contribution is 5.62. The Labute approximate surface area is 114 Å². The van der Waals surface area contributed by atoms with Crippen molar-refractivity contribution < 1.29 is 13.7 Å². The minimum atomic E-state index is -0.949. The van der Waals surface area contributed by atoms with E-state index in [9.17, 15) is 18.9 Å². The molecule has 20 heavy (non-hydrogen) atoms. The molecule has 0 aromatic heterocycles. The van der Waals surface area contributed by atoms with Gasteiger partial charge in [0.25, 0.3) is 5.69 Å². The predicted molar refractivity (Wildman–Crippen MR) is 71.5 cm³/mol. The molecule has 2 aromatic rings. The summed E-state index contributed by atoms with van der Waals surface area (Å²) in [6, 6.07) is 8.42. The lowest BCUT2D eigenvalue weighted by molar-refractivity contribution is -0.384. The van der Waals surface area contributed by atoms with Crippen LogP contribution in [0.2, 0.25) is 0 Å². The SMILES string of the molecule is Cc1ccc([N+](=O)[O-])c(NCc2cccc(F)c2F)c1. The maximum Gasteiger partial charge on any atom is 0.292 e. The zero-order valence-electron chi connectivity index (χ0n) is 10.7. The summed E-state index contributed by atoms with van der Waals surface area (Å²) in [5.41, 5.74) is 1.12. The highest BCUT2D eigenvalue weighted by Crippen LogP contribution is 2.26. The van der Waals surface area contributed by atoms with Gasteiger partial charge >= 0.3 is 0 Å². The molecule has 2 rings (SSSR count). The summed E-state index contributed by atoms with van der Waals surface area (Å²) in [4.78, 5) is 10.4. The standard InChI is InChI=1S/C14H12F2N2O2/c1-9-5-6-13(18(19)20)12(7-9)17-8-10-3-2-4-11(15)14(10)16/h2-7,17H,8H2,1H3. The molecule has 0 radical (unpaired) electrons. The van der Waals surface area contributed by atoms with E-state index in [1.807, 2.05) is 0 Å². The highest BCUT2D eigenvalue weighted by Gasteiger charge is 2.14. The van der Waals surface area contributed by atoms with Crippen molar-refractivity contribution in [2.24, 2.45) is 0 Å². The Balaban J connectivity index is 2.24. The third-order valence-corrected chi connectivity index (χ3v) is 2.85. The lowest BCUT2D eigenvalue weighted by atomic mass is 10.1. The average molecular weight is 278 g/mol. The minimum Gasteiger partial charge on any atom is -0.375 e. The Morgan fingerprint density at radius 3 is 2.70 bits per heavy atom. The van der Waals surface area contributed by atoms with Crippen LogP contribution in [0.1, 0.15) is 11.1 Å². The molecule has 0 spiro atoms. The lowest BCUT2D eigenvalue weighted by Crippen LogP contribution is -2.05. The monoisotopic (exact) mass is 278 g/mol. The minimum absolute atomic E-state index is 0.0338. The first-order valence-corrected chi connectivity index (χ1v) is 5.91. The van der Waals surface area contributed by atoms with Crippen LogP contribution in [0.3, 0.4) is 0 Å². The fourth-order valence-electron chi connectivity index (χ4n) is 1.83. The molecule has 0 aliphatic rings. The number of hydrogen-bond acceptors (Lipinski definition) is 3. The normalized spacial score (nSPS) is 10.3. The van der Waals surface area contributed by atoms with Crippen molar-refractivity contribution in [1.29, 1.82) is 0 Å². The average Bonchev–Trinajstić information content (AvgIpc) is 2.40. The van der Waals surface area contributed by atoms with Crippen LogP contribution in [0, 0.1) is 28.7 Å². The van der Waals surface area contributed by atoms with Crippen LogP contribution in [-0.2, 0) is 6.54 Å². The van der Waals surface area contributed by atoms with Gasteiger partial charge in [-0.3, -0.25) is 10.1 Å². The van der Waals surface area contributed by atoms with Crippen LogP contribution in [0.4, 0.5) is 20.2 Å². The van der Waals surface area contributed by atoms with Crippen molar-refractivity contribution in [2.75, 3.05) is 5.32 Å². The quantitative estimate of drug-likeness (QED) is 0.683. The number of hydrogen-bond donors (Lipinski definition) is 1. The summed E-state index contributed by atoms with van der Waals surface area (Å²) in [7, 11) is 0. The maximum absolute atomic E-state index is 13.5. The molecule has 0 aliphatic heterocycles. The molecule has 104 valence electrons. The molecule has 6 heteroatoms. The molecule has 4 nitrogen and oxygen atoms in total. The second kappa shape index (κ2) is 5.64. The largest absolute Gasteiger partial charge is 0.375 e. The molecular weight excluding hydrogens is 266 g/mol. The summed E-state index contributed by atoms with van der Waals surface area (Å²) < 4.78 is 26.6. The second-order valence-corrected chi connectivity index (χ2v) is 4.34. The molecule has 0 bridgehead atoms. The van der Waals surface area contributed by atoms with Gasteiger partial charge in [-0.2, -0.15) is 0 Å². The van der Waals surface area contributed by atoms with Gasteiger partial charge in [0.2, 0.25) is 0 Å². The summed E-state index contributed by atoms with van der Waals surface area (Å²) in [6.45, 7) is 1.76. The van der Waals surface area contributed by atoms with Crippen LogP contribution in [0.5, 0.6) is 0 Å². The Bertz CT molecular complexity index is 660. The lowest BCUT2D eigenvalue weighted by Gasteiger charge is -2.09. The molecule has 0 unspecified atom stereocenters. The molecule has 0 saturated heterocycles. The molecule has 0 heterocycles. The van der Waals surface area contributed by atoms with E-state index < -0.39 is 16.6 Å². The summed E-state index contributed by atoms with van der Waals surface area (Å²) in [5, 5.41) is 13.7. The van der Waals surface area contributed by atoms with Crippen LogP contribution in [0.15, 0.2) is 36.4 Å². The van der Waals surface area contributed by atoms with Gasteiger partial charge in [0.05, 0.1) is 4.92 Å². The van der Waals surface area contributed by atoms with Crippen molar-refractivity contribution >= 4 is 11.4 Å². The van der Waals surface area contributed by atoms with E-state index in [-0.39, 0.29) is 23.5 Å². The van der Waals surface area contributed by atoms with Crippen molar-refractivity contribution in [2.45, 2.75) is 13.5 Å². The molecule has 2 aromatic carbocycles. The number of benzene rings is 2. The van der Waals surface area contributed by atoms with Gasteiger partial charge in [0, 0.05) is 18.2 Å². The fourth-order valence-corrected chi connectivity index (χ4v) is 1.83. The summed E-state index contributed by atoms with van der Waals surface area (Å²) in [6.07, 6.45) is 0. The Hall–Kier alpha value is -2.50. The third kappa shape index (κ3) is 2.90. The van der Waals surface area contributed by atoms with Crippen molar-refractivity contribution in [1.82, 2.24) is 0 Å². The van der Waals surface area contributed by atoms with E-state index in [0.29, 0.717) is 0 Å².